The summed E-state index contributed by atoms with van der Waals surface area (Å²) in [6.45, 7) is 4.60. The molecule has 0 amide bonds. The Morgan fingerprint density at radius 1 is 0.714 bits per heavy atom. The number of halogens is 1. The molecule has 0 unspecified atom stereocenters. The lowest BCUT2D eigenvalue weighted by Crippen LogP contribution is -3.00. The van der Waals surface area contributed by atoms with Crippen molar-refractivity contribution in [2.45, 2.75) is 19.5 Å². The monoisotopic (exact) mass is 333 g/mol. The molecule has 88 valence electrons. The molecule has 0 spiro atoms. The lowest BCUT2D eigenvalue weighted by molar-refractivity contribution is -0.00000320. The second-order valence-corrected chi connectivity index (χ2v) is 8.91. The van der Waals surface area contributed by atoms with Crippen LogP contribution in [0.2, 0.25) is 0 Å². The Hall–Kier alpha value is 1.04. The second-order valence-electron chi connectivity index (χ2n) is 4.25. The standard InChI is InChI=1S/C9H25N3P.HI/c1-9(2)13(10(3)4,11(5)6)12(7)8;/h9H,1-8H3;1H/q+1;/p-1. The molecule has 0 saturated heterocycles. The number of rotatable bonds is 4. The molecule has 3 nitrogen and oxygen atoms in total. The maximum Gasteiger partial charge on any atom is 0.228 e. The Morgan fingerprint density at radius 3 is 0.929 bits per heavy atom. The maximum atomic E-state index is 2.37. The first-order valence-corrected chi connectivity index (χ1v) is 6.41. The molecule has 0 saturated carbocycles. The van der Waals surface area contributed by atoms with Crippen LogP contribution in [0.1, 0.15) is 13.8 Å². The van der Waals surface area contributed by atoms with Gasteiger partial charge in [0.15, 0.2) is 0 Å². The highest BCUT2D eigenvalue weighted by molar-refractivity contribution is 7.69. The Kier molecular flexibility index (Phi) is 8.20. The van der Waals surface area contributed by atoms with Gasteiger partial charge in [-0.05, 0) is 13.8 Å². The molecule has 0 aromatic carbocycles. The molecule has 14 heavy (non-hydrogen) atoms. The normalized spacial score (nSPS) is 12.9. The van der Waals surface area contributed by atoms with E-state index in [4.69, 9.17) is 0 Å². The minimum absolute atomic E-state index is 0. The highest BCUT2D eigenvalue weighted by Crippen LogP contribution is 2.66. The smallest absolute Gasteiger partial charge is 0.228 e. The van der Waals surface area contributed by atoms with Gasteiger partial charge in [-0.15, -0.1) is 0 Å². The van der Waals surface area contributed by atoms with E-state index >= 15 is 0 Å². The number of nitrogens with zero attached hydrogens (tertiary/aromatic N) is 3. The zero-order chi connectivity index (χ0) is 10.8. The molecule has 0 fully saturated rings. The van der Waals surface area contributed by atoms with E-state index in [0.717, 1.165) is 0 Å². The van der Waals surface area contributed by atoms with Gasteiger partial charge in [0.25, 0.3) is 0 Å². The van der Waals surface area contributed by atoms with Crippen LogP contribution in [0.5, 0.6) is 0 Å². The van der Waals surface area contributed by atoms with Gasteiger partial charge in [-0.3, -0.25) is 0 Å². The Bertz CT molecular complexity index is 123. The van der Waals surface area contributed by atoms with Gasteiger partial charge in [0, 0.05) is 42.3 Å². The highest BCUT2D eigenvalue weighted by Gasteiger charge is 2.50. The van der Waals surface area contributed by atoms with Gasteiger partial charge in [-0.2, -0.15) is 14.0 Å². The van der Waals surface area contributed by atoms with Crippen LogP contribution in [0.15, 0.2) is 0 Å². The van der Waals surface area contributed by atoms with Crippen LogP contribution >= 0.6 is 7.71 Å². The first-order chi connectivity index (χ1) is 5.77. The molecule has 0 aliphatic rings. The molecule has 0 atom stereocenters. The van der Waals surface area contributed by atoms with Gasteiger partial charge in [0.1, 0.15) is 5.66 Å². The minimum Gasteiger partial charge on any atom is -1.00 e. The van der Waals surface area contributed by atoms with Gasteiger partial charge in [-0.25, -0.2) is 0 Å². The van der Waals surface area contributed by atoms with Crippen LogP contribution in [0.3, 0.4) is 0 Å². The van der Waals surface area contributed by atoms with Gasteiger partial charge in [-0.1, -0.05) is 0 Å². The topological polar surface area (TPSA) is 9.72 Å². The molecular weight excluding hydrogens is 308 g/mol. The average Bonchev–Trinajstić information content (AvgIpc) is 1.82. The zero-order valence-electron chi connectivity index (χ0n) is 10.7. The molecular formula is C9H25IN3P. The summed E-state index contributed by atoms with van der Waals surface area (Å²) in [4.78, 5) is 0. The van der Waals surface area contributed by atoms with Crippen molar-refractivity contribution in [1.29, 1.82) is 0 Å². The molecule has 0 rings (SSSR count). The highest BCUT2D eigenvalue weighted by atomic mass is 127. The van der Waals surface area contributed by atoms with E-state index in [9.17, 15) is 0 Å². The van der Waals surface area contributed by atoms with E-state index in [2.05, 4.69) is 70.1 Å². The van der Waals surface area contributed by atoms with E-state index in [1.807, 2.05) is 0 Å². The van der Waals surface area contributed by atoms with Crippen LogP contribution in [0, 0.1) is 0 Å². The predicted molar refractivity (Wildman–Crippen MR) is 63.1 cm³/mol. The van der Waals surface area contributed by atoms with Gasteiger partial charge < -0.3 is 24.0 Å². The van der Waals surface area contributed by atoms with E-state index < -0.39 is 7.71 Å². The SMILES string of the molecule is CC(C)[P+](N(C)C)(N(C)C)N(C)C.[I-]. The third kappa shape index (κ3) is 3.01. The summed E-state index contributed by atoms with van der Waals surface area (Å²) in [5.41, 5.74) is 0.660. The molecule has 0 heterocycles. The fourth-order valence-electron chi connectivity index (χ4n) is 2.46. The molecule has 0 aliphatic carbocycles. The Labute approximate surface area is 107 Å². The quantitative estimate of drug-likeness (QED) is 0.475. The molecule has 0 aliphatic heterocycles. The molecule has 0 bridgehead atoms. The van der Waals surface area contributed by atoms with Gasteiger partial charge in [0.2, 0.25) is 7.71 Å². The van der Waals surface area contributed by atoms with E-state index in [0.29, 0.717) is 5.66 Å². The van der Waals surface area contributed by atoms with Crippen LogP contribution < -0.4 is 24.0 Å². The maximum absolute atomic E-state index is 2.37. The third-order valence-electron chi connectivity index (χ3n) is 2.46. The summed E-state index contributed by atoms with van der Waals surface area (Å²) in [6, 6.07) is 0. The predicted octanol–water partition coefficient (Wildman–Crippen LogP) is -1.15. The average molecular weight is 333 g/mol. The largest absolute Gasteiger partial charge is 1.00 e. The van der Waals surface area contributed by atoms with E-state index in [1.54, 1.807) is 0 Å². The van der Waals surface area contributed by atoms with Crippen molar-refractivity contribution in [2.24, 2.45) is 0 Å². The first kappa shape index (κ1) is 17.4. The van der Waals surface area contributed by atoms with Crippen molar-refractivity contribution in [3.05, 3.63) is 0 Å². The van der Waals surface area contributed by atoms with Crippen LogP contribution in [0.25, 0.3) is 0 Å². The molecule has 0 N–H and O–H groups in total. The summed E-state index contributed by atoms with van der Waals surface area (Å²) in [5, 5.41) is 0. The second kappa shape index (κ2) is 6.59. The lowest BCUT2D eigenvalue weighted by Gasteiger charge is -2.42. The van der Waals surface area contributed by atoms with Crippen molar-refractivity contribution >= 4 is 7.71 Å². The Balaban J connectivity index is 0. The fourth-order valence-corrected chi connectivity index (χ4v) is 7.38. The fraction of sp³-hybridized carbons (Fsp3) is 1.00. The van der Waals surface area contributed by atoms with Gasteiger partial charge >= 0.3 is 0 Å². The molecule has 0 radical (unpaired) electrons. The molecule has 0 aromatic heterocycles. The van der Waals surface area contributed by atoms with Crippen LogP contribution in [-0.2, 0) is 0 Å². The number of hydrogen-bond donors (Lipinski definition) is 0. The number of hydrogen-bond acceptors (Lipinski definition) is 3. The molecule has 5 heteroatoms. The minimum atomic E-state index is -1.28. The van der Waals surface area contributed by atoms with E-state index in [1.165, 1.54) is 0 Å². The van der Waals surface area contributed by atoms with Crippen LogP contribution in [-0.4, -0.2) is 62.0 Å². The Morgan fingerprint density at radius 2 is 0.929 bits per heavy atom. The van der Waals surface area contributed by atoms with Crippen LogP contribution in [0.4, 0.5) is 0 Å². The van der Waals surface area contributed by atoms with Crippen molar-refractivity contribution in [2.75, 3.05) is 42.3 Å². The first-order valence-electron chi connectivity index (χ1n) is 4.70. The van der Waals surface area contributed by atoms with Crippen molar-refractivity contribution < 1.29 is 24.0 Å². The zero-order valence-corrected chi connectivity index (χ0v) is 13.8. The third-order valence-corrected chi connectivity index (χ3v) is 7.38. The van der Waals surface area contributed by atoms with Crippen molar-refractivity contribution in [1.82, 2.24) is 14.0 Å². The summed E-state index contributed by atoms with van der Waals surface area (Å²) >= 11 is 0. The van der Waals surface area contributed by atoms with E-state index in [-0.39, 0.29) is 24.0 Å². The molecule has 0 aromatic rings. The van der Waals surface area contributed by atoms with Crippen molar-refractivity contribution in [3.63, 3.8) is 0 Å². The van der Waals surface area contributed by atoms with Gasteiger partial charge in [0.05, 0.1) is 0 Å². The summed E-state index contributed by atoms with van der Waals surface area (Å²) in [6.07, 6.45) is 0. The summed E-state index contributed by atoms with van der Waals surface area (Å²) < 4.78 is 7.12. The summed E-state index contributed by atoms with van der Waals surface area (Å²) in [5.74, 6) is 0. The summed E-state index contributed by atoms with van der Waals surface area (Å²) in [7, 11) is 11.8. The lowest BCUT2D eigenvalue weighted by atomic mass is 10.6. The van der Waals surface area contributed by atoms with Crippen molar-refractivity contribution in [3.8, 4) is 0 Å².